The predicted molar refractivity (Wildman–Crippen MR) is 167 cm³/mol. The lowest BCUT2D eigenvalue weighted by molar-refractivity contribution is 0.0741. The highest BCUT2D eigenvalue weighted by Crippen LogP contribution is 2.34. The number of carbonyl (C=O) groups is 1. The van der Waals surface area contributed by atoms with Gasteiger partial charge in [0.25, 0.3) is 5.91 Å². The van der Waals surface area contributed by atoms with E-state index in [1.54, 1.807) is 14.2 Å². The Bertz CT molecular complexity index is 1590. The maximum atomic E-state index is 13.4. The smallest absolute Gasteiger partial charge is 0.273 e. The summed E-state index contributed by atoms with van der Waals surface area (Å²) in [4.78, 5) is 24.6. The van der Waals surface area contributed by atoms with Crippen molar-refractivity contribution in [1.29, 1.82) is 0 Å². The van der Waals surface area contributed by atoms with Gasteiger partial charge in [0.2, 0.25) is 6.79 Å². The SMILES string of the molecule is COc1ccc(CN(Cc2ccc3c(c2)OCO3)Cc2nc(C(=O)N3CCN(c4ccccc4Cl)CC3)cs2)c(OC)c1. The molecule has 0 atom stereocenters. The number of piperazine rings is 1. The van der Waals surface area contributed by atoms with E-state index in [-0.39, 0.29) is 12.7 Å². The van der Waals surface area contributed by atoms with Crippen LogP contribution in [0.15, 0.2) is 66.0 Å². The molecular weight excluding hydrogens is 588 g/mol. The molecule has 11 heteroatoms. The molecular formula is C32H33ClN4O5S. The summed E-state index contributed by atoms with van der Waals surface area (Å²) in [6, 6.07) is 19.7. The van der Waals surface area contributed by atoms with Gasteiger partial charge in [0.15, 0.2) is 11.5 Å². The fraction of sp³-hybridized carbons (Fsp3) is 0.312. The number of hydrogen-bond donors (Lipinski definition) is 0. The van der Waals surface area contributed by atoms with Gasteiger partial charge in [-0.15, -0.1) is 11.3 Å². The van der Waals surface area contributed by atoms with Crippen molar-refractivity contribution in [1.82, 2.24) is 14.8 Å². The Hall–Kier alpha value is -3.99. The van der Waals surface area contributed by atoms with Gasteiger partial charge in [0.05, 0.1) is 31.5 Å². The molecule has 6 rings (SSSR count). The van der Waals surface area contributed by atoms with Crippen LogP contribution >= 0.6 is 22.9 Å². The number of amides is 1. The second-order valence-corrected chi connectivity index (χ2v) is 11.7. The normalized spacial score (nSPS) is 14.3. The highest BCUT2D eigenvalue weighted by Gasteiger charge is 2.25. The van der Waals surface area contributed by atoms with Gasteiger partial charge in [-0.3, -0.25) is 9.69 Å². The summed E-state index contributed by atoms with van der Waals surface area (Å²) in [5, 5.41) is 3.46. The fourth-order valence-electron chi connectivity index (χ4n) is 5.38. The van der Waals surface area contributed by atoms with Crippen LogP contribution in [-0.2, 0) is 19.6 Å². The molecule has 4 aromatic rings. The van der Waals surface area contributed by atoms with Gasteiger partial charge < -0.3 is 28.7 Å². The van der Waals surface area contributed by atoms with Crippen LogP contribution in [0.1, 0.15) is 26.6 Å². The van der Waals surface area contributed by atoms with Crippen molar-refractivity contribution in [2.75, 3.05) is 52.1 Å². The number of rotatable bonds is 10. The predicted octanol–water partition coefficient (Wildman–Crippen LogP) is 5.71. The molecule has 9 nitrogen and oxygen atoms in total. The lowest BCUT2D eigenvalue weighted by atomic mass is 10.1. The topological polar surface area (TPSA) is 76.6 Å². The minimum Gasteiger partial charge on any atom is -0.497 e. The monoisotopic (exact) mass is 620 g/mol. The molecule has 0 aliphatic carbocycles. The zero-order valence-corrected chi connectivity index (χ0v) is 25.7. The molecule has 0 unspecified atom stereocenters. The van der Waals surface area contributed by atoms with Crippen molar-refractivity contribution in [3.05, 3.63) is 92.9 Å². The molecule has 2 aliphatic rings. The minimum absolute atomic E-state index is 0.0412. The molecule has 43 heavy (non-hydrogen) atoms. The highest BCUT2D eigenvalue weighted by atomic mass is 35.5. The molecule has 1 saturated heterocycles. The third-order valence-corrected chi connectivity index (χ3v) is 8.77. The van der Waals surface area contributed by atoms with Gasteiger partial charge in [-0.05, 0) is 35.9 Å². The van der Waals surface area contributed by atoms with Gasteiger partial charge >= 0.3 is 0 Å². The summed E-state index contributed by atoms with van der Waals surface area (Å²) in [7, 11) is 3.30. The molecule has 1 fully saturated rings. The molecule has 0 N–H and O–H groups in total. The van der Waals surface area contributed by atoms with Crippen LogP contribution in [0.5, 0.6) is 23.0 Å². The first-order valence-corrected chi connectivity index (χ1v) is 15.3. The van der Waals surface area contributed by atoms with E-state index in [1.165, 1.54) is 11.3 Å². The highest BCUT2D eigenvalue weighted by molar-refractivity contribution is 7.09. The third-order valence-electron chi connectivity index (χ3n) is 7.62. The van der Waals surface area contributed by atoms with Crippen LogP contribution in [0.2, 0.25) is 5.02 Å². The number of anilines is 1. The third kappa shape index (κ3) is 6.66. The molecule has 0 saturated carbocycles. The fourth-order valence-corrected chi connectivity index (χ4v) is 6.45. The number of thiazole rings is 1. The lowest BCUT2D eigenvalue weighted by Crippen LogP contribution is -2.49. The molecule has 0 spiro atoms. The van der Waals surface area contributed by atoms with E-state index in [4.69, 9.17) is 35.5 Å². The van der Waals surface area contributed by atoms with Crippen molar-refractivity contribution in [2.24, 2.45) is 0 Å². The van der Waals surface area contributed by atoms with Crippen LogP contribution < -0.4 is 23.8 Å². The van der Waals surface area contributed by atoms with E-state index in [0.29, 0.717) is 38.4 Å². The number of methoxy groups -OCH3 is 2. The van der Waals surface area contributed by atoms with Crippen molar-refractivity contribution in [3.63, 3.8) is 0 Å². The first-order chi connectivity index (χ1) is 21.0. The Labute approximate surface area is 260 Å². The quantitative estimate of drug-likeness (QED) is 0.223. The number of aromatic nitrogens is 1. The van der Waals surface area contributed by atoms with E-state index in [0.717, 1.165) is 62.9 Å². The van der Waals surface area contributed by atoms with Crippen molar-refractivity contribution in [3.8, 4) is 23.0 Å². The molecule has 224 valence electrons. The number of halogens is 1. The summed E-state index contributed by atoms with van der Waals surface area (Å²) >= 11 is 7.90. The number of carbonyl (C=O) groups excluding carboxylic acids is 1. The molecule has 1 amide bonds. The molecule has 0 radical (unpaired) electrons. The molecule has 3 aromatic carbocycles. The summed E-state index contributed by atoms with van der Waals surface area (Å²) in [5.74, 6) is 2.94. The van der Waals surface area contributed by atoms with Crippen LogP contribution in [-0.4, -0.2) is 67.9 Å². The average Bonchev–Trinajstić information content (AvgIpc) is 3.71. The Balaban J connectivity index is 1.16. The molecule has 1 aromatic heterocycles. The average molecular weight is 621 g/mol. The first-order valence-electron chi connectivity index (χ1n) is 14.1. The van der Waals surface area contributed by atoms with Crippen LogP contribution in [0.3, 0.4) is 0 Å². The minimum atomic E-state index is -0.0412. The van der Waals surface area contributed by atoms with E-state index >= 15 is 0 Å². The van der Waals surface area contributed by atoms with Gasteiger partial charge in [0.1, 0.15) is 22.2 Å². The Morgan fingerprint density at radius 2 is 1.77 bits per heavy atom. The maximum Gasteiger partial charge on any atom is 0.273 e. The number of nitrogens with zero attached hydrogens (tertiary/aromatic N) is 4. The number of benzene rings is 3. The van der Waals surface area contributed by atoms with E-state index < -0.39 is 0 Å². The van der Waals surface area contributed by atoms with Crippen molar-refractivity contribution < 1.29 is 23.7 Å². The largest absolute Gasteiger partial charge is 0.497 e. The second-order valence-electron chi connectivity index (χ2n) is 10.4. The Kier molecular flexibility index (Phi) is 8.87. The summed E-state index contributed by atoms with van der Waals surface area (Å²) in [6.07, 6.45) is 0. The number of ether oxygens (including phenoxy) is 4. The number of fused-ring (bicyclic) bond motifs is 1. The first kappa shape index (κ1) is 29.1. The maximum absolute atomic E-state index is 13.4. The van der Waals surface area contributed by atoms with Gasteiger partial charge in [-0.1, -0.05) is 35.9 Å². The molecule has 0 bridgehead atoms. The summed E-state index contributed by atoms with van der Waals surface area (Å²) < 4.78 is 22.2. The lowest BCUT2D eigenvalue weighted by Gasteiger charge is -2.36. The van der Waals surface area contributed by atoms with E-state index in [9.17, 15) is 4.79 Å². The Morgan fingerprint density at radius 1 is 0.953 bits per heavy atom. The molecule has 3 heterocycles. The van der Waals surface area contributed by atoms with E-state index in [1.807, 2.05) is 70.9 Å². The van der Waals surface area contributed by atoms with Crippen molar-refractivity contribution in [2.45, 2.75) is 19.6 Å². The number of hydrogen-bond acceptors (Lipinski definition) is 9. The van der Waals surface area contributed by atoms with Gasteiger partial charge in [-0.25, -0.2) is 4.98 Å². The molecule has 2 aliphatic heterocycles. The van der Waals surface area contributed by atoms with E-state index in [2.05, 4.69) is 9.80 Å². The van der Waals surface area contributed by atoms with Crippen LogP contribution in [0.4, 0.5) is 5.69 Å². The van der Waals surface area contributed by atoms with Crippen LogP contribution in [0.25, 0.3) is 0 Å². The number of para-hydroxylation sites is 1. The zero-order valence-electron chi connectivity index (χ0n) is 24.1. The summed E-state index contributed by atoms with van der Waals surface area (Å²) in [5.41, 5.74) is 3.59. The van der Waals surface area contributed by atoms with Crippen LogP contribution in [0, 0.1) is 0 Å². The zero-order chi connectivity index (χ0) is 29.8. The Morgan fingerprint density at radius 3 is 2.56 bits per heavy atom. The second kappa shape index (κ2) is 13.1. The van der Waals surface area contributed by atoms with Crippen molar-refractivity contribution >= 4 is 34.5 Å². The standard InChI is InChI=1S/C32H33ClN4O5S/c1-39-24-9-8-23(29(16-24)40-2)18-35(17-22-7-10-28-30(15-22)42-21-41-28)19-31-34-26(20-43-31)32(38)37-13-11-36(12-14-37)27-6-4-3-5-25(27)33/h3-10,15-16,20H,11-14,17-19,21H2,1-2H3. The van der Waals surface area contributed by atoms with Gasteiger partial charge in [0, 0.05) is 56.3 Å². The summed E-state index contributed by atoms with van der Waals surface area (Å²) in [6.45, 7) is 4.71. The van der Waals surface area contributed by atoms with Gasteiger partial charge in [-0.2, -0.15) is 0 Å².